The van der Waals surface area contributed by atoms with Gasteiger partial charge in [0.25, 0.3) is 0 Å². The van der Waals surface area contributed by atoms with Gasteiger partial charge in [-0.25, -0.2) is 4.39 Å². The molecule has 1 spiro atoms. The molecule has 0 aliphatic carbocycles. The maximum atomic E-state index is 14.6. The first-order valence-corrected chi connectivity index (χ1v) is 14.7. The molecular formula is C30H49FO7. The van der Waals surface area contributed by atoms with E-state index in [9.17, 15) is 9.50 Å². The summed E-state index contributed by atoms with van der Waals surface area (Å²) in [6.45, 7) is 10.9. The van der Waals surface area contributed by atoms with Crippen molar-refractivity contribution in [3.05, 3.63) is 34.6 Å². The third-order valence-electron chi connectivity index (χ3n) is 7.29. The average molecular weight is 541 g/mol. The fourth-order valence-corrected chi connectivity index (χ4v) is 5.02. The van der Waals surface area contributed by atoms with Crippen molar-refractivity contribution < 1.29 is 37.9 Å². The van der Waals surface area contributed by atoms with Crippen LogP contribution in [0.15, 0.2) is 12.1 Å². The molecule has 2 aliphatic rings. The molecule has 5 atom stereocenters. The van der Waals surface area contributed by atoms with Crippen LogP contribution in [-0.2, 0) is 47.4 Å². The lowest BCUT2D eigenvalue weighted by Gasteiger charge is -2.51. The third kappa shape index (κ3) is 7.53. The van der Waals surface area contributed by atoms with Gasteiger partial charge in [-0.2, -0.15) is 0 Å². The van der Waals surface area contributed by atoms with Gasteiger partial charge in [-0.15, -0.1) is 0 Å². The molecule has 0 radical (unpaired) electrons. The maximum absolute atomic E-state index is 14.6. The molecule has 7 nitrogen and oxygen atoms in total. The van der Waals surface area contributed by atoms with Crippen LogP contribution >= 0.6 is 0 Å². The lowest BCUT2D eigenvalue weighted by Crippen LogP contribution is -2.66. The number of fused-ring (bicyclic) bond motifs is 2. The van der Waals surface area contributed by atoms with E-state index in [-0.39, 0.29) is 12.2 Å². The Morgan fingerprint density at radius 2 is 1.47 bits per heavy atom. The summed E-state index contributed by atoms with van der Waals surface area (Å²) in [6, 6.07) is 3.09. The van der Waals surface area contributed by atoms with Gasteiger partial charge in [-0.1, -0.05) is 53.4 Å². The van der Waals surface area contributed by atoms with Crippen LogP contribution in [-0.4, -0.2) is 62.6 Å². The number of ether oxygens (including phenoxy) is 6. The van der Waals surface area contributed by atoms with Crippen molar-refractivity contribution in [3.63, 3.8) is 0 Å². The first kappa shape index (κ1) is 31.4. The Hall–Kier alpha value is -1.13. The Bertz CT molecular complexity index is 822. The van der Waals surface area contributed by atoms with Crippen molar-refractivity contribution in [1.29, 1.82) is 0 Å². The molecule has 1 N–H and O–H groups in total. The molecule has 1 aromatic rings. The van der Waals surface area contributed by atoms with Gasteiger partial charge in [0.1, 0.15) is 30.2 Å². The standard InChI is InChI=1S/C30H49FO7/c1-5-9-13-33-21-26-27(34-14-10-6-2)28(35-15-11-7-3)29(36-16-12-8-4)30(38-26)24-17-22(19-32)25(31)18-23(24)20-37-30/h17-18,26-29,32H,5-16,19-21H2,1-4H3/t26-,27-,28+,29-,30+/m1/s1. The van der Waals surface area contributed by atoms with E-state index in [4.69, 9.17) is 28.4 Å². The quantitative estimate of drug-likeness (QED) is 0.237. The maximum Gasteiger partial charge on any atom is 0.225 e. The molecule has 0 aromatic heterocycles. The predicted octanol–water partition coefficient (Wildman–Crippen LogP) is 5.77. The highest BCUT2D eigenvalue weighted by Gasteiger charge is 2.61. The van der Waals surface area contributed by atoms with E-state index in [1.165, 1.54) is 6.07 Å². The molecule has 1 fully saturated rings. The topological polar surface area (TPSA) is 75.6 Å². The minimum absolute atomic E-state index is 0.179. The Morgan fingerprint density at radius 3 is 2.11 bits per heavy atom. The van der Waals surface area contributed by atoms with E-state index in [0.29, 0.717) is 44.2 Å². The molecule has 0 saturated carbocycles. The molecule has 218 valence electrons. The zero-order valence-electron chi connectivity index (χ0n) is 23.8. The van der Waals surface area contributed by atoms with E-state index < -0.39 is 42.6 Å². The average Bonchev–Trinajstić information content (AvgIpc) is 3.26. The van der Waals surface area contributed by atoms with Crippen molar-refractivity contribution in [2.45, 2.75) is 122 Å². The monoisotopic (exact) mass is 540 g/mol. The van der Waals surface area contributed by atoms with Crippen molar-refractivity contribution >= 4 is 0 Å². The lowest BCUT2D eigenvalue weighted by molar-refractivity contribution is -0.384. The number of hydrogen-bond donors (Lipinski definition) is 1. The van der Waals surface area contributed by atoms with Crippen molar-refractivity contribution in [2.24, 2.45) is 0 Å². The fraction of sp³-hybridized carbons (Fsp3) is 0.800. The highest BCUT2D eigenvalue weighted by molar-refractivity contribution is 5.40. The van der Waals surface area contributed by atoms with Crippen LogP contribution in [0.3, 0.4) is 0 Å². The Kier molecular flexibility index (Phi) is 13.4. The smallest absolute Gasteiger partial charge is 0.225 e. The minimum Gasteiger partial charge on any atom is -0.392 e. The molecule has 2 heterocycles. The van der Waals surface area contributed by atoms with Crippen LogP contribution in [0.1, 0.15) is 95.8 Å². The predicted molar refractivity (Wildman–Crippen MR) is 143 cm³/mol. The second-order valence-electron chi connectivity index (χ2n) is 10.3. The van der Waals surface area contributed by atoms with Crippen LogP contribution in [0, 0.1) is 5.82 Å². The summed E-state index contributed by atoms with van der Waals surface area (Å²) in [5.41, 5.74) is 1.57. The normalized spacial score (nSPS) is 26.8. The van der Waals surface area contributed by atoms with E-state index >= 15 is 0 Å². The van der Waals surface area contributed by atoms with Gasteiger partial charge in [-0.05, 0) is 43.4 Å². The molecule has 3 rings (SSSR count). The van der Waals surface area contributed by atoms with Crippen molar-refractivity contribution in [1.82, 2.24) is 0 Å². The number of hydrogen-bond acceptors (Lipinski definition) is 7. The molecule has 2 aliphatic heterocycles. The van der Waals surface area contributed by atoms with Crippen LogP contribution in [0.2, 0.25) is 0 Å². The SMILES string of the molecule is CCCCOC[C@H]1O[C@]2(OCc3cc(F)c(CO)cc32)[C@H](OCCCC)[C@@H](OCCCC)[C@@H]1OCCCC. The minimum atomic E-state index is -1.32. The molecule has 8 heteroatoms. The number of aliphatic hydroxyl groups is 1. The molecule has 0 unspecified atom stereocenters. The second kappa shape index (κ2) is 16.2. The van der Waals surface area contributed by atoms with Gasteiger partial charge in [0, 0.05) is 37.6 Å². The molecule has 0 amide bonds. The zero-order valence-corrected chi connectivity index (χ0v) is 23.8. The molecule has 1 saturated heterocycles. The molecule has 38 heavy (non-hydrogen) atoms. The number of aliphatic hydroxyl groups excluding tert-OH is 1. The third-order valence-corrected chi connectivity index (χ3v) is 7.29. The number of benzene rings is 1. The van der Waals surface area contributed by atoms with Gasteiger partial charge in [0.05, 0.1) is 19.8 Å². The van der Waals surface area contributed by atoms with Crippen molar-refractivity contribution in [3.8, 4) is 0 Å². The Labute approximate surface area is 228 Å². The van der Waals surface area contributed by atoms with Crippen LogP contribution < -0.4 is 0 Å². The Balaban J connectivity index is 2.05. The number of unbranched alkanes of at least 4 members (excludes halogenated alkanes) is 4. The number of halogens is 1. The van der Waals surface area contributed by atoms with Crippen LogP contribution in [0.4, 0.5) is 4.39 Å². The Morgan fingerprint density at radius 1 is 0.868 bits per heavy atom. The van der Waals surface area contributed by atoms with Crippen LogP contribution in [0.5, 0.6) is 0 Å². The highest BCUT2D eigenvalue weighted by atomic mass is 19.1. The molecule has 0 bridgehead atoms. The molecule has 1 aromatic carbocycles. The van der Waals surface area contributed by atoms with E-state index in [1.807, 2.05) is 0 Å². The van der Waals surface area contributed by atoms with Crippen LogP contribution in [0.25, 0.3) is 0 Å². The first-order valence-electron chi connectivity index (χ1n) is 14.7. The molecular weight excluding hydrogens is 491 g/mol. The first-order chi connectivity index (χ1) is 18.6. The lowest BCUT2D eigenvalue weighted by atomic mass is 9.86. The van der Waals surface area contributed by atoms with Gasteiger partial charge >= 0.3 is 0 Å². The van der Waals surface area contributed by atoms with Gasteiger partial charge in [0.2, 0.25) is 5.79 Å². The summed E-state index contributed by atoms with van der Waals surface area (Å²) in [5.74, 6) is -1.77. The summed E-state index contributed by atoms with van der Waals surface area (Å²) >= 11 is 0. The number of rotatable bonds is 18. The summed E-state index contributed by atoms with van der Waals surface area (Å²) < 4.78 is 53.5. The summed E-state index contributed by atoms with van der Waals surface area (Å²) in [7, 11) is 0. The second-order valence-corrected chi connectivity index (χ2v) is 10.3. The van der Waals surface area contributed by atoms with Crippen molar-refractivity contribution in [2.75, 3.05) is 33.0 Å². The highest BCUT2D eigenvalue weighted by Crippen LogP contribution is 2.49. The van der Waals surface area contributed by atoms with E-state index in [0.717, 1.165) is 51.4 Å². The summed E-state index contributed by atoms with van der Waals surface area (Å²) in [6.07, 6.45) is 5.68. The zero-order chi connectivity index (χ0) is 27.4. The van der Waals surface area contributed by atoms with Gasteiger partial charge in [0.15, 0.2) is 0 Å². The van der Waals surface area contributed by atoms with Gasteiger partial charge in [-0.3, -0.25) is 0 Å². The van der Waals surface area contributed by atoms with E-state index in [1.54, 1.807) is 6.07 Å². The largest absolute Gasteiger partial charge is 0.392 e. The summed E-state index contributed by atoms with van der Waals surface area (Å²) in [5, 5.41) is 9.83. The fourth-order valence-electron chi connectivity index (χ4n) is 5.02. The van der Waals surface area contributed by atoms with E-state index in [2.05, 4.69) is 27.7 Å². The van der Waals surface area contributed by atoms with Gasteiger partial charge < -0.3 is 33.5 Å². The summed E-state index contributed by atoms with van der Waals surface area (Å²) in [4.78, 5) is 0.